The minimum absolute atomic E-state index is 0.237. The van der Waals surface area contributed by atoms with Crippen LogP contribution in [0.2, 0.25) is 0 Å². The molecule has 0 aromatic heterocycles. The van der Waals surface area contributed by atoms with Crippen molar-refractivity contribution in [3.63, 3.8) is 0 Å². The quantitative estimate of drug-likeness (QED) is 0.770. The SMILES string of the molecule is COc1ccc([C@@]2(C)OCC[C@H](C)O2)cc1. The zero-order chi connectivity index (χ0) is 11.6. The van der Waals surface area contributed by atoms with Gasteiger partial charge in [-0.2, -0.15) is 0 Å². The molecule has 16 heavy (non-hydrogen) atoms. The van der Waals surface area contributed by atoms with E-state index in [4.69, 9.17) is 14.2 Å². The lowest BCUT2D eigenvalue weighted by molar-refractivity contribution is -0.288. The van der Waals surface area contributed by atoms with Gasteiger partial charge in [-0.3, -0.25) is 0 Å². The average molecular weight is 222 g/mol. The van der Waals surface area contributed by atoms with Crippen molar-refractivity contribution in [1.29, 1.82) is 0 Å². The number of rotatable bonds is 2. The van der Waals surface area contributed by atoms with Gasteiger partial charge in [0.25, 0.3) is 0 Å². The lowest BCUT2D eigenvalue weighted by Crippen LogP contribution is -2.38. The largest absolute Gasteiger partial charge is 0.497 e. The third-order valence-corrected chi connectivity index (χ3v) is 2.94. The average Bonchev–Trinajstić information content (AvgIpc) is 2.29. The molecule has 0 amide bonds. The molecule has 1 aliphatic heterocycles. The van der Waals surface area contributed by atoms with Crippen molar-refractivity contribution in [2.45, 2.75) is 32.2 Å². The van der Waals surface area contributed by atoms with Gasteiger partial charge in [0.2, 0.25) is 0 Å². The lowest BCUT2D eigenvalue weighted by Gasteiger charge is -2.37. The van der Waals surface area contributed by atoms with Crippen molar-refractivity contribution in [2.24, 2.45) is 0 Å². The summed E-state index contributed by atoms with van der Waals surface area (Å²) >= 11 is 0. The van der Waals surface area contributed by atoms with Crippen molar-refractivity contribution in [1.82, 2.24) is 0 Å². The Morgan fingerprint density at radius 2 is 2.00 bits per heavy atom. The van der Waals surface area contributed by atoms with E-state index in [1.807, 2.05) is 31.2 Å². The maximum atomic E-state index is 5.87. The molecule has 88 valence electrons. The summed E-state index contributed by atoms with van der Waals surface area (Å²) in [5, 5.41) is 0. The molecule has 0 aliphatic carbocycles. The van der Waals surface area contributed by atoms with Crippen molar-refractivity contribution in [2.75, 3.05) is 13.7 Å². The molecular formula is C13H18O3. The van der Waals surface area contributed by atoms with E-state index in [1.165, 1.54) is 0 Å². The Balaban J connectivity index is 2.20. The summed E-state index contributed by atoms with van der Waals surface area (Å²) in [6, 6.07) is 7.81. The molecule has 3 nitrogen and oxygen atoms in total. The maximum Gasteiger partial charge on any atom is 0.192 e. The Kier molecular flexibility index (Phi) is 3.17. The fourth-order valence-corrected chi connectivity index (χ4v) is 1.94. The van der Waals surface area contributed by atoms with Crippen LogP contribution in [0.3, 0.4) is 0 Å². The van der Waals surface area contributed by atoms with Gasteiger partial charge in [0.05, 0.1) is 19.8 Å². The number of ether oxygens (including phenoxy) is 3. The van der Waals surface area contributed by atoms with E-state index < -0.39 is 5.79 Å². The molecule has 0 saturated carbocycles. The normalized spacial score (nSPS) is 30.1. The van der Waals surface area contributed by atoms with Gasteiger partial charge in [0.15, 0.2) is 5.79 Å². The van der Waals surface area contributed by atoms with Gasteiger partial charge >= 0.3 is 0 Å². The van der Waals surface area contributed by atoms with Gasteiger partial charge in [-0.05, 0) is 44.5 Å². The van der Waals surface area contributed by atoms with Crippen molar-refractivity contribution < 1.29 is 14.2 Å². The molecule has 3 heteroatoms. The molecule has 0 spiro atoms. The Labute approximate surface area is 96.3 Å². The summed E-state index contributed by atoms with van der Waals surface area (Å²) in [5.74, 6) is 0.223. The molecule has 2 rings (SSSR count). The second-order valence-electron chi connectivity index (χ2n) is 4.24. The first-order valence-electron chi connectivity index (χ1n) is 5.60. The fourth-order valence-electron chi connectivity index (χ4n) is 1.94. The van der Waals surface area contributed by atoms with E-state index >= 15 is 0 Å². The van der Waals surface area contributed by atoms with Crippen LogP contribution in [0.15, 0.2) is 24.3 Å². The third kappa shape index (κ3) is 2.20. The van der Waals surface area contributed by atoms with E-state index in [2.05, 4.69) is 6.92 Å². The summed E-state index contributed by atoms with van der Waals surface area (Å²) in [6.07, 6.45) is 1.19. The van der Waals surface area contributed by atoms with Crippen molar-refractivity contribution >= 4 is 0 Å². The summed E-state index contributed by atoms with van der Waals surface area (Å²) < 4.78 is 16.7. The number of methoxy groups -OCH3 is 1. The molecule has 2 atom stereocenters. The fraction of sp³-hybridized carbons (Fsp3) is 0.538. The summed E-state index contributed by atoms with van der Waals surface area (Å²) in [6.45, 7) is 4.78. The highest BCUT2D eigenvalue weighted by molar-refractivity contribution is 5.29. The molecule has 0 bridgehead atoms. The van der Waals surface area contributed by atoms with Gasteiger partial charge in [0, 0.05) is 5.56 Å². The molecule has 1 heterocycles. The van der Waals surface area contributed by atoms with Crippen molar-refractivity contribution in [3.05, 3.63) is 29.8 Å². The minimum Gasteiger partial charge on any atom is -0.497 e. The topological polar surface area (TPSA) is 27.7 Å². The zero-order valence-electron chi connectivity index (χ0n) is 10.0. The van der Waals surface area contributed by atoms with Crippen molar-refractivity contribution in [3.8, 4) is 5.75 Å². The summed E-state index contributed by atoms with van der Waals surface area (Å²) in [7, 11) is 1.66. The summed E-state index contributed by atoms with van der Waals surface area (Å²) in [4.78, 5) is 0. The Morgan fingerprint density at radius 3 is 2.56 bits per heavy atom. The molecule has 1 fully saturated rings. The standard InChI is InChI=1S/C13H18O3/c1-10-8-9-15-13(2,16-10)11-4-6-12(14-3)7-5-11/h4-7,10H,8-9H2,1-3H3/t10-,13-/m0/s1. The molecule has 0 radical (unpaired) electrons. The highest BCUT2D eigenvalue weighted by Gasteiger charge is 2.34. The first-order valence-corrected chi connectivity index (χ1v) is 5.60. The Hall–Kier alpha value is -1.06. The first kappa shape index (κ1) is 11.4. The highest BCUT2D eigenvalue weighted by Crippen LogP contribution is 2.33. The van der Waals surface area contributed by atoms with E-state index in [0.29, 0.717) is 0 Å². The van der Waals surface area contributed by atoms with E-state index in [-0.39, 0.29) is 6.10 Å². The minimum atomic E-state index is -0.621. The first-order chi connectivity index (χ1) is 7.64. The highest BCUT2D eigenvalue weighted by atomic mass is 16.7. The number of hydrogen-bond acceptors (Lipinski definition) is 3. The van der Waals surface area contributed by atoms with Crippen LogP contribution in [0, 0.1) is 0 Å². The van der Waals surface area contributed by atoms with Crippen LogP contribution < -0.4 is 4.74 Å². The van der Waals surface area contributed by atoms with E-state index in [9.17, 15) is 0 Å². The maximum absolute atomic E-state index is 5.87. The van der Waals surface area contributed by atoms with Crippen LogP contribution >= 0.6 is 0 Å². The zero-order valence-corrected chi connectivity index (χ0v) is 10.0. The molecule has 0 N–H and O–H groups in total. The van der Waals surface area contributed by atoms with Crippen LogP contribution in [-0.2, 0) is 15.3 Å². The molecule has 1 aromatic rings. The second-order valence-corrected chi connectivity index (χ2v) is 4.24. The van der Waals surface area contributed by atoms with Gasteiger partial charge in [0.1, 0.15) is 5.75 Å². The van der Waals surface area contributed by atoms with Gasteiger partial charge < -0.3 is 14.2 Å². The molecule has 1 aromatic carbocycles. The number of hydrogen-bond donors (Lipinski definition) is 0. The van der Waals surface area contributed by atoms with Crippen LogP contribution in [0.4, 0.5) is 0 Å². The molecule has 1 aliphatic rings. The monoisotopic (exact) mass is 222 g/mol. The third-order valence-electron chi connectivity index (χ3n) is 2.94. The van der Waals surface area contributed by atoms with Gasteiger partial charge in [-0.1, -0.05) is 0 Å². The second kappa shape index (κ2) is 4.44. The molecule has 1 saturated heterocycles. The van der Waals surface area contributed by atoms with Crippen LogP contribution in [0.5, 0.6) is 5.75 Å². The van der Waals surface area contributed by atoms with Gasteiger partial charge in [-0.25, -0.2) is 0 Å². The van der Waals surface area contributed by atoms with Crippen LogP contribution in [-0.4, -0.2) is 19.8 Å². The van der Waals surface area contributed by atoms with Crippen LogP contribution in [0.25, 0.3) is 0 Å². The van der Waals surface area contributed by atoms with E-state index in [0.717, 1.165) is 24.3 Å². The molecular weight excluding hydrogens is 204 g/mol. The Bertz CT molecular complexity index is 347. The number of benzene rings is 1. The smallest absolute Gasteiger partial charge is 0.192 e. The molecule has 0 unspecified atom stereocenters. The van der Waals surface area contributed by atoms with E-state index in [1.54, 1.807) is 7.11 Å². The predicted octanol–water partition coefficient (Wildman–Crippen LogP) is 2.69. The lowest BCUT2D eigenvalue weighted by atomic mass is 10.1. The van der Waals surface area contributed by atoms with Gasteiger partial charge in [-0.15, -0.1) is 0 Å². The summed E-state index contributed by atoms with van der Waals surface area (Å²) in [5.41, 5.74) is 1.03. The van der Waals surface area contributed by atoms with Crippen LogP contribution in [0.1, 0.15) is 25.8 Å². The Morgan fingerprint density at radius 1 is 1.31 bits per heavy atom. The predicted molar refractivity (Wildman–Crippen MR) is 61.5 cm³/mol.